The number of carbonyl (C=O) groups excluding carboxylic acids is 3. The molecule has 1 atom stereocenters. The molecule has 1 N–H and O–H groups in total. The summed E-state index contributed by atoms with van der Waals surface area (Å²) in [6.07, 6.45) is 1.31. The average molecular weight is 386 g/mol. The minimum Gasteiger partial charge on any atom is -0.379 e. The van der Waals surface area contributed by atoms with E-state index >= 15 is 0 Å². The third-order valence-electron chi connectivity index (χ3n) is 4.42. The molecule has 1 fully saturated rings. The standard InChI is InChI=1S/C19H34N2O6/c1-4-20-19(24)16(15(2)3)7-9-25-11-13-27-14-12-26-10-8-21-17(22)5-6-18(21)23/h15-16H,4-14H2,1-3H3,(H,20,24). The van der Waals surface area contributed by atoms with Gasteiger partial charge in [-0.05, 0) is 19.3 Å². The number of carbonyl (C=O) groups is 3. The van der Waals surface area contributed by atoms with E-state index in [4.69, 9.17) is 14.2 Å². The van der Waals surface area contributed by atoms with Gasteiger partial charge in [0.25, 0.3) is 0 Å². The fraction of sp³-hybridized carbons (Fsp3) is 0.842. The summed E-state index contributed by atoms with van der Waals surface area (Å²) in [5.74, 6) is 0.0860. The van der Waals surface area contributed by atoms with Gasteiger partial charge < -0.3 is 19.5 Å². The molecule has 0 bridgehead atoms. The molecule has 1 aliphatic rings. The number of likely N-dealkylation sites (tertiary alicyclic amines) is 1. The van der Waals surface area contributed by atoms with Crippen molar-refractivity contribution in [3.63, 3.8) is 0 Å². The van der Waals surface area contributed by atoms with Crippen LogP contribution >= 0.6 is 0 Å². The van der Waals surface area contributed by atoms with E-state index < -0.39 is 0 Å². The van der Waals surface area contributed by atoms with Crippen LogP contribution in [0.3, 0.4) is 0 Å². The van der Waals surface area contributed by atoms with Gasteiger partial charge in [0.05, 0.1) is 39.6 Å². The fourth-order valence-corrected chi connectivity index (χ4v) is 2.85. The van der Waals surface area contributed by atoms with Gasteiger partial charge in [0.2, 0.25) is 17.7 Å². The van der Waals surface area contributed by atoms with Gasteiger partial charge in [0.1, 0.15) is 0 Å². The zero-order valence-electron chi connectivity index (χ0n) is 16.8. The van der Waals surface area contributed by atoms with Gasteiger partial charge >= 0.3 is 0 Å². The van der Waals surface area contributed by atoms with Crippen LogP contribution in [0.25, 0.3) is 0 Å². The Morgan fingerprint density at radius 2 is 1.48 bits per heavy atom. The zero-order chi connectivity index (χ0) is 20.1. The SMILES string of the molecule is CCNC(=O)C(CCOCCOCCOCCN1C(=O)CCC1=O)C(C)C. The van der Waals surface area contributed by atoms with E-state index in [2.05, 4.69) is 5.32 Å². The third-order valence-corrected chi connectivity index (χ3v) is 4.42. The Morgan fingerprint density at radius 1 is 0.963 bits per heavy atom. The quantitative estimate of drug-likeness (QED) is 0.333. The van der Waals surface area contributed by atoms with E-state index in [0.29, 0.717) is 72.0 Å². The van der Waals surface area contributed by atoms with Crippen molar-refractivity contribution >= 4 is 17.7 Å². The van der Waals surface area contributed by atoms with Gasteiger partial charge in [-0.15, -0.1) is 0 Å². The first-order valence-corrected chi connectivity index (χ1v) is 9.81. The first-order valence-electron chi connectivity index (χ1n) is 9.81. The summed E-state index contributed by atoms with van der Waals surface area (Å²) in [4.78, 5) is 36.0. The second kappa shape index (κ2) is 13.6. The molecule has 0 radical (unpaired) electrons. The first kappa shape index (κ1) is 23.5. The average Bonchev–Trinajstić information content (AvgIpc) is 2.94. The molecule has 1 unspecified atom stereocenters. The highest BCUT2D eigenvalue weighted by Gasteiger charge is 2.28. The Balaban J connectivity index is 1.94. The van der Waals surface area contributed by atoms with Crippen molar-refractivity contribution in [2.75, 3.05) is 52.7 Å². The van der Waals surface area contributed by atoms with Gasteiger partial charge in [-0.3, -0.25) is 19.3 Å². The number of ether oxygens (including phenoxy) is 3. The van der Waals surface area contributed by atoms with E-state index in [1.165, 1.54) is 4.90 Å². The summed E-state index contributed by atoms with van der Waals surface area (Å²) in [6.45, 7) is 9.56. The molecule has 1 aliphatic heterocycles. The highest BCUT2D eigenvalue weighted by atomic mass is 16.5. The van der Waals surface area contributed by atoms with Crippen molar-refractivity contribution < 1.29 is 28.6 Å². The minimum absolute atomic E-state index is 0.0337. The lowest BCUT2D eigenvalue weighted by molar-refractivity contribution is -0.139. The minimum atomic E-state index is -0.121. The molecule has 1 rings (SSSR count). The highest BCUT2D eigenvalue weighted by Crippen LogP contribution is 2.15. The maximum absolute atomic E-state index is 12.0. The molecule has 0 spiro atoms. The van der Waals surface area contributed by atoms with Gasteiger partial charge in [0, 0.05) is 31.9 Å². The topological polar surface area (TPSA) is 94.2 Å². The molecule has 0 aliphatic carbocycles. The number of hydrogen-bond acceptors (Lipinski definition) is 6. The number of hydrogen-bond donors (Lipinski definition) is 1. The van der Waals surface area contributed by atoms with Crippen molar-refractivity contribution in [1.82, 2.24) is 10.2 Å². The number of nitrogens with one attached hydrogen (secondary N) is 1. The summed E-state index contributed by atoms with van der Waals surface area (Å²) in [6, 6.07) is 0. The third kappa shape index (κ3) is 9.30. The number of imide groups is 1. The predicted octanol–water partition coefficient (Wildman–Crippen LogP) is 0.984. The van der Waals surface area contributed by atoms with Crippen LogP contribution in [-0.2, 0) is 28.6 Å². The van der Waals surface area contributed by atoms with Crippen molar-refractivity contribution in [2.45, 2.75) is 40.0 Å². The van der Waals surface area contributed by atoms with Crippen molar-refractivity contribution in [3.05, 3.63) is 0 Å². The molecular weight excluding hydrogens is 352 g/mol. The Bertz CT molecular complexity index is 453. The van der Waals surface area contributed by atoms with E-state index in [1.54, 1.807) is 0 Å². The molecule has 0 aromatic carbocycles. The van der Waals surface area contributed by atoms with Crippen LogP contribution in [0.15, 0.2) is 0 Å². The van der Waals surface area contributed by atoms with E-state index in [9.17, 15) is 14.4 Å². The summed E-state index contributed by atoms with van der Waals surface area (Å²) >= 11 is 0. The lowest BCUT2D eigenvalue weighted by atomic mass is 9.92. The molecule has 3 amide bonds. The molecule has 8 heteroatoms. The normalized spacial score (nSPS) is 15.6. The summed E-state index contributed by atoms with van der Waals surface area (Å²) < 4.78 is 16.3. The van der Waals surface area contributed by atoms with E-state index in [-0.39, 0.29) is 29.6 Å². The molecule has 1 saturated heterocycles. The van der Waals surface area contributed by atoms with E-state index in [1.807, 2.05) is 20.8 Å². The fourth-order valence-electron chi connectivity index (χ4n) is 2.85. The lowest BCUT2D eigenvalue weighted by Gasteiger charge is -2.19. The van der Waals surface area contributed by atoms with Gasteiger partial charge in [-0.25, -0.2) is 0 Å². The van der Waals surface area contributed by atoms with Gasteiger partial charge in [-0.2, -0.15) is 0 Å². The maximum Gasteiger partial charge on any atom is 0.229 e. The van der Waals surface area contributed by atoms with Crippen LogP contribution in [-0.4, -0.2) is 75.4 Å². The predicted molar refractivity (Wildman–Crippen MR) is 100 cm³/mol. The smallest absolute Gasteiger partial charge is 0.229 e. The molecule has 1 heterocycles. The molecule has 8 nitrogen and oxygen atoms in total. The largest absolute Gasteiger partial charge is 0.379 e. The Kier molecular flexibility index (Phi) is 11.9. The number of amides is 3. The number of nitrogens with zero attached hydrogens (tertiary/aromatic N) is 1. The maximum atomic E-state index is 12.0. The lowest BCUT2D eigenvalue weighted by Crippen LogP contribution is -2.34. The van der Waals surface area contributed by atoms with Crippen LogP contribution in [0.2, 0.25) is 0 Å². The van der Waals surface area contributed by atoms with Crippen molar-refractivity contribution in [3.8, 4) is 0 Å². The van der Waals surface area contributed by atoms with Crippen molar-refractivity contribution in [2.24, 2.45) is 11.8 Å². The van der Waals surface area contributed by atoms with Crippen molar-refractivity contribution in [1.29, 1.82) is 0 Å². The molecule has 27 heavy (non-hydrogen) atoms. The molecule has 156 valence electrons. The van der Waals surface area contributed by atoms with Gasteiger partial charge in [0.15, 0.2) is 0 Å². The highest BCUT2D eigenvalue weighted by molar-refractivity contribution is 6.01. The Hall–Kier alpha value is -1.51. The van der Waals surface area contributed by atoms with Crippen LogP contribution in [0.5, 0.6) is 0 Å². The van der Waals surface area contributed by atoms with E-state index in [0.717, 1.165) is 0 Å². The summed E-state index contributed by atoms with van der Waals surface area (Å²) in [7, 11) is 0. The summed E-state index contributed by atoms with van der Waals surface area (Å²) in [5, 5.41) is 2.86. The molecule has 0 saturated carbocycles. The molecular formula is C19H34N2O6. The first-order chi connectivity index (χ1) is 13.0. The summed E-state index contributed by atoms with van der Waals surface area (Å²) in [5.41, 5.74) is 0. The van der Waals surface area contributed by atoms with Crippen LogP contribution in [0.4, 0.5) is 0 Å². The Labute approximate surface area is 161 Å². The van der Waals surface area contributed by atoms with Crippen LogP contribution in [0.1, 0.15) is 40.0 Å². The second-order valence-electron chi connectivity index (χ2n) is 6.81. The second-order valence-corrected chi connectivity index (χ2v) is 6.81. The van der Waals surface area contributed by atoms with Gasteiger partial charge in [-0.1, -0.05) is 13.8 Å². The van der Waals surface area contributed by atoms with Crippen LogP contribution in [0, 0.1) is 11.8 Å². The zero-order valence-corrected chi connectivity index (χ0v) is 16.8. The van der Waals surface area contributed by atoms with Crippen LogP contribution < -0.4 is 5.32 Å². The monoisotopic (exact) mass is 386 g/mol. The molecule has 0 aromatic heterocycles. The molecule has 0 aromatic rings. The Morgan fingerprint density at radius 3 is 2.00 bits per heavy atom. The number of rotatable bonds is 15.